The minimum absolute atomic E-state index is 0.484. The van der Waals surface area contributed by atoms with Crippen molar-refractivity contribution in [3.05, 3.63) is 72.6 Å². The van der Waals surface area contributed by atoms with Crippen LogP contribution in [0.4, 0.5) is 5.82 Å². The molecule has 0 radical (unpaired) electrons. The number of aromatic nitrogens is 5. The lowest BCUT2D eigenvalue weighted by atomic mass is 9.86. The van der Waals surface area contributed by atoms with Gasteiger partial charge < -0.3 is 5.73 Å². The lowest BCUT2D eigenvalue weighted by Gasteiger charge is -2.15. The fourth-order valence-corrected chi connectivity index (χ4v) is 3.60. The Morgan fingerprint density at radius 2 is 1.61 bits per heavy atom. The Kier molecular flexibility index (Phi) is 4.15. The van der Waals surface area contributed by atoms with Crippen molar-refractivity contribution in [3.8, 4) is 28.6 Å². The van der Waals surface area contributed by atoms with E-state index in [1.54, 1.807) is 18.5 Å². The van der Waals surface area contributed by atoms with Gasteiger partial charge >= 0.3 is 0 Å². The second kappa shape index (κ2) is 6.89. The number of nitrogen functional groups attached to an aromatic ring is 1. The summed E-state index contributed by atoms with van der Waals surface area (Å²) in [5, 5.41) is 18.1. The van der Waals surface area contributed by atoms with Gasteiger partial charge in [0.15, 0.2) is 11.5 Å². The highest BCUT2D eigenvalue weighted by Gasteiger charge is 2.20. The zero-order chi connectivity index (χ0) is 21.6. The number of pyridine rings is 1. The highest BCUT2D eigenvalue weighted by molar-refractivity contribution is 5.85. The first-order chi connectivity index (χ1) is 15.0. The summed E-state index contributed by atoms with van der Waals surface area (Å²) in [6.45, 7) is 3.81. The summed E-state index contributed by atoms with van der Waals surface area (Å²) in [6.07, 6.45) is 3.48. The van der Waals surface area contributed by atoms with Crippen LogP contribution in [0.25, 0.3) is 39.2 Å². The molecule has 3 heterocycles. The van der Waals surface area contributed by atoms with Gasteiger partial charge in [0.05, 0.1) is 28.7 Å². The largest absolute Gasteiger partial charge is 0.384 e. The molecule has 5 rings (SSSR count). The van der Waals surface area contributed by atoms with Crippen molar-refractivity contribution in [2.45, 2.75) is 19.3 Å². The Labute approximate surface area is 178 Å². The van der Waals surface area contributed by atoms with Crippen LogP contribution in [0.15, 0.2) is 67.0 Å². The highest BCUT2D eigenvalue weighted by atomic mass is 15.3. The molecule has 31 heavy (non-hydrogen) atoms. The number of nitrogens with two attached hydrogens (primary N) is 1. The molecule has 150 valence electrons. The van der Waals surface area contributed by atoms with E-state index in [0.29, 0.717) is 11.5 Å². The summed E-state index contributed by atoms with van der Waals surface area (Å²) < 4.78 is 2.00. The number of fused-ring (bicyclic) bond motifs is 3. The van der Waals surface area contributed by atoms with E-state index < -0.39 is 5.41 Å². The minimum atomic E-state index is -0.552. The number of anilines is 1. The molecule has 7 nitrogen and oxygen atoms in total. The lowest BCUT2D eigenvalue weighted by molar-refractivity contribution is 0.687. The first kappa shape index (κ1) is 18.7. The summed E-state index contributed by atoms with van der Waals surface area (Å²) in [5.74, 6) is 1.20. The molecule has 0 aliphatic carbocycles. The molecule has 0 bridgehead atoms. The number of nitriles is 1. The molecular weight excluding hydrogens is 386 g/mol. The predicted octanol–water partition coefficient (Wildman–Crippen LogP) is 4.39. The summed E-state index contributed by atoms with van der Waals surface area (Å²) in [5.41, 5.74) is 11.4. The van der Waals surface area contributed by atoms with Crippen molar-refractivity contribution in [1.29, 1.82) is 5.26 Å². The van der Waals surface area contributed by atoms with Gasteiger partial charge in [-0.15, -0.1) is 10.2 Å². The third-order valence-corrected chi connectivity index (χ3v) is 5.49. The van der Waals surface area contributed by atoms with Crippen molar-refractivity contribution in [3.63, 3.8) is 0 Å². The van der Waals surface area contributed by atoms with E-state index in [1.165, 1.54) is 0 Å². The van der Waals surface area contributed by atoms with Crippen molar-refractivity contribution < 1.29 is 0 Å². The van der Waals surface area contributed by atoms with Gasteiger partial charge in [-0.3, -0.25) is 9.38 Å². The maximum Gasteiger partial charge on any atom is 0.180 e. The fraction of sp³-hybridized carbons (Fsp3) is 0.125. The zero-order valence-electron chi connectivity index (χ0n) is 17.1. The van der Waals surface area contributed by atoms with Crippen LogP contribution < -0.4 is 5.73 Å². The molecule has 2 N–H and O–H groups in total. The Morgan fingerprint density at radius 3 is 2.32 bits per heavy atom. The molecule has 0 aliphatic rings. The molecule has 0 atom stereocenters. The maximum atomic E-state index is 9.40. The van der Waals surface area contributed by atoms with E-state index in [0.717, 1.165) is 39.1 Å². The Balaban J connectivity index is 1.68. The van der Waals surface area contributed by atoms with Crippen LogP contribution in [0.1, 0.15) is 19.4 Å². The molecule has 0 aliphatic heterocycles. The van der Waals surface area contributed by atoms with Crippen LogP contribution in [-0.4, -0.2) is 24.6 Å². The average Bonchev–Trinajstić information content (AvgIpc) is 3.24. The summed E-state index contributed by atoms with van der Waals surface area (Å²) in [4.78, 5) is 8.72. The van der Waals surface area contributed by atoms with Gasteiger partial charge in [-0.05, 0) is 49.2 Å². The Morgan fingerprint density at radius 1 is 0.871 bits per heavy atom. The molecule has 0 fully saturated rings. The molecule has 0 amide bonds. The number of hydrogen-bond donors (Lipinski definition) is 1. The van der Waals surface area contributed by atoms with Crippen LogP contribution in [0.2, 0.25) is 0 Å². The number of hydrogen-bond acceptors (Lipinski definition) is 6. The van der Waals surface area contributed by atoms with E-state index in [2.05, 4.69) is 32.3 Å². The van der Waals surface area contributed by atoms with Crippen LogP contribution in [0.5, 0.6) is 0 Å². The number of nitrogens with zero attached hydrogens (tertiary/aromatic N) is 6. The third kappa shape index (κ3) is 3.15. The predicted molar refractivity (Wildman–Crippen MR) is 120 cm³/mol. The van der Waals surface area contributed by atoms with Crippen LogP contribution >= 0.6 is 0 Å². The molecule has 2 aromatic carbocycles. The smallest absolute Gasteiger partial charge is 0.180 e. The van der Waals surface area contributed by atoms with Gasteiger partial charge in [0, 0.05) is 17.3 Å². The molecule has 0 unspecified atom stereocenters. The van der Waals surface area contributed by atoms with E-state index in [9.17, 15) is 5.26 Å². The summed E-state index contributed by atoms with van der Waals surface area (Å²) >= 11 is 0. The maximum absolute atomic E-state index is 9.40. The number of benzene rings is 2. The lowest BCUT2D eigenvalue weighted by Crippen LogP contribution is -2.13. The van der Waals surface area contributed by atoms with Crippen molar-refractivity contribution >= 4 is 22.5 Å². The van der Waals surface area contributed by atoms with E-state index in [1.807, 2.05) is 60.7 Å². The molecular formula is C24H19N7. The molecule has 0 saturated heterocycles. The standard InChI is InChI=1S/C24H19N7/c1-24(2,14-25)18-7-3-15(4-8-18)23-30-29-22-13-27-19-9-5-16(11-20(19)31(22)23)17-6-10-21(26)28-12-17/h3-13H,1-2H3,(H2,26,28). The number of rotatable bonds is 3. The second-order valence-electron chi connectivity index (χ2n) is 7.96. The molecule has 7 heteroatoms. The van der Waals surface area contributed by atoms with Gasteiger partial charge in [-0.1, -0.05) is 30.3 Å². The van der Waals surface area contributed by atoms with Gasteiger partial charge in [0.1, 0.15) is 5.82 Å². The van der Waals surface area contributed by atoms with Gasteiger partial charge in [0.2, 0.25) is 0 Å². The Bertz CT molecular complexity index is 1460. The van der Waals surface area contributed by atoms with Crippen LogP contribution in [0, 0.1) is 11.3 Å². The van der Waals surface area contributed by atoms with Crippen molar-refractivity contribution in [1.82, 2.24) is 24.6 Å². The van der Waals surface area contributed by atoms with Gasteiger partial charge in [0.25, 0.3) is 0 Å². The van der Waals surface area contributed by atoms with Gasteiger partial charge in [-0.2, -0.15) is 5.26 Å². The first-order valence-electron chi connectivity index (χ1n) is 9.84. The van der Waals surface area contributed by atoms with Crippen molar-refractivity contribution in [2.24, 2.45) is 0 Å². The third-order valence-electron chi connectivity index (χ3n) is 5.49. The zero-order valence-corrected chi connectivity index (χ0v) is 17.1. The Hall–Kier alpha value is -4.31. The van der Waals surface area contributed by atoms with Gasteiger partial charge in [-0.25, -0.2) is 4.98 Å². The molecule has 0 spiro atoms. The highest BCUT2D eigenvalue weighted by Crippen LogP contribution is 2.29. The monoisotopic (exact) mass is 405 g/mol. The molecule has 0 saturated carbocycles. The minimum Gasteiger partial charge on any atom is -0.384 e. The molecule has 5 aromatic rings. The second-order valence-corrected chi connectivity index (χ2v) is 7.96. The SMILES string of the molecule is CC(C)(C#N)c1ccc(-c2nnc3cnc4ccc(-c5ccc(N)nc5)cc4n23)cc1. The normalized spacial score (nSPS) is 11.6. The summed E-state index contributed by atoms with van der Waals surface area (Å²) in [7, 11) is 0. The topological polar surface area (TPSA) is 106 Å². The van der Waals surface area contributed by atoms with Crippen LogP contribution in [0.3, 0.4) is 0 Å². The quantitative estimate of drug-likeness (QED) is 0.477. The average molecular weight is 405 g/mol. The fourth-order valence-electron chi connectivity index (χ4n) is 3.60. The summed E-state index contributed by atoms with van der Waals surface area (Å²) in [6, 6.07) is 20.0. The van der Waals surface area contributed by atoms with Crippen LogP contribution in [-0.2, 0) is 5.41 Å². The van der Waals surface area contributed by atoms with E-state index >= 15 is 0 Å². The molecule has 3 aromatic heterocycles. The van der Waals surface area contributed by atoms with E-state index in [-0.39, 0.29) is 0 Å². The first-order valence-corrected chi connectivity index (χ1v) is 9.84. The van der Waals surface area contributed by atoms with E-state index in [4.69, 9.17) is 5.73 Å². The van der Waals surface area contributed by atoms with Crippen molar-refractivity contribution in [2.75, 3.05) is 5.73 Å².